The van der Waals surface area contributed by atoms with E-state index in [0.717, 1.165) is 11.3 Å². The minimum absolute atomic E-state index is 0.108. The van der Waals surface area contributed by atoms with Crippen LogP contribution in [0.5, 0.6) is 0 Å². The largest absolute Gasteiger partial charge is 0.299 e. The number of nitrogens with zero attached hydrogens (tertiary/aromatic N) is 3. The van der Waals surface area contributed by atoms with Crippen LogP contribution in [0, 0.1) is 6.92 Å². The number of hydrogen-bond acceptors (Lipinski definition) is 4. The van der Waals surface area contributed by atoms with Crippen LogP contribution in [-0.2, 0) is 4.79 Å². The normalized spacial score (nSPS) is 10.6. The van der Waals surface area contributed by atoms with Crippen LogP contribution in [-0.4, -0.2) is 26.3 Å². The second kappa shape index (κ2) is 5.54. The third-order valence-corrected chi connectivity index (χ3v) is 3.85. The first-order chi connectivity index (χ1) is 8.58. The quantitative estimate of drug-likeness (QED) is 0.809. The van der Waals surface area contributed by atoms with Crippen LogP contribution in [0.15, 0.2) is 29.7 Å². The monoisotopic (exact) mass is 281 g/mol. The molecule has 2 rings (SSSR count). The van der Waals surface area contributed by atoms with Crippen LogP contribution in [0.1, 0.15) is 12.5 Å². The highest BCUT2D eigenvalue weighted by Crippen LogP contribution is 2.23. The van der Waals surface area contributed by atoms with Gasteiger partial charge in [0.25, 0.3) is 0 Å². The molecule has 1 heterocycles. The summed E-state index contributed by atoms with van der Waals surface area (Å²) in [7, 11) is 0. The van der Waals surface area contributed by atoms with Crippen molar-refractivity contribution < 1.29 is 4.79 Å². The average molecular weight is 282 g/mol. The lowest BCUT2D eigenvalue weighted by Gasteiger charge is -2.07. The topological polar surface area (TPSA) is 47.8 Å². The van der Waals surface area contributed by atoms with Gasteiger partial charge in [-0.3, -0.25) is 9.36 Å². The summed E-state index contributed by atoms with van der Waals surface area (Å²) >= 11 is 7.46. The number of carbonyl (C=O) groups is 1. The van der Waals surface area contributed by atoms with E-state index in [9.17, 15) is 4.79 Å². The number of rotatable bonds is 4. The van der Waals surface area contributed by atoms with Gasteiger partial charge in [0, 0.05) is 5.02 Å². The first kappa shape index (κ1) is 13.1. The van der Waals surface area contributed by atoms with Gasteiger partial charge in [0.1, 0.15) is 12.1 Å². The van der Waals surface area contributed by atoms with E-state index in [1.807, 2.05) is 29.7 Å². The molecule has 94 valence electrons. The van der Waals surface area contributed by atoms with E-state index in [1.165, 1.54) is 11.8 Å². The van der Waals surface area contributed by atoms with Gasteiger partial charge in [-0.1, -0.05) is 29.4 Å². The molecule has 4 nitrogen and oxygen atoms in total. The Labute approximate surface area is 114 Å². The molecule has 0 N–H and O–H groups in total. The summed E-state index contributed by atoms with van der Waals surface area (Å²) in [5.41, 5.74) is 1.91. The molecule has 0 saturated carbocycles. The standard InChI is InChI=1S/C12H12ClN3OS/c1-8-3-4-10(5-11(8)13)16-7-14-15-12(16)18-6-9(2)17/h3-5,7H,6H2,1-2H3. The molecule has 0 amide bonds. The molecule has 0 fully saturated rings. The van der Waals surface area contributed by atoms with Crippen LogP contribution in [0.3, 0.4) is 0 Å². The van der Waals surface area contributed by atoms with Crippen LogP contribution >= 0.6 is 23.4 Å². The zero-order valence-corrected chi connectivity index (χ0v) is 11.6. The Bertz CT molecular complexity index is 582. The lowest BCUT2D eigenvalue weighted by Crippen LogP contribution is -1.99. The van der Waals surface area contributed by atoms with Crippen molar-refractivity contribution >= 4 is 29.1 Å². The fourth-order valence-corrected chi connectivity index (χ4v) is 2.30. The van der Waals surface area contributed by atoms with E-state index in [-0.39, 0.29) is 5.78 Å². The zero-order valence-electron chi connectivity index (χ0n) is 10.1. The van der Waals surface area contributed by atoms with E-state index in [4.69, 9.17) is 11.6 Å². The van der Waals surface area contributed by atoms with Gasteiger partial charge in [0.2, 0.25) is 0 Å². The number of carbonyl (C=O) groups excluding carboxylic acids is 1. The van der Waals surface area contributed by atoms with Gasteiger partial charge in [0.15, 0.2) is 5.16 Å². The Morgan fingerprint density at radius 3 is 2.94 bits per heavy atom. The molecule has 2 aromatic rings. The third kappa shape index (κ3) is 2.91. The number of thioether (sulfide) groups is 1. The Balaban J connectivity index is 2.30. The lowest BCUT2D eigenvalue weighted by molar-refractivity contribution is -0.114. The summed E-state index contributed by atoms with van der Waals surface area (Å²) in [4.78, 5) is 11.0. The van der Waals surface area contributed by atoms with Crippen molar-refractivity contribution in [3.63, 3.8) is 0 Å². The predicted octanol–water partition coefficient (Wildman–Crippen LogP) is 2.91. The first-order valence-electron chi connectivity index (χ1n) is 5.36. The lowest BCUT2D eigenvalue weighted by atomic mass is 10.2. The smallest absolute Gasteiger partial charge is 0.196 e. The van der Waals surface area contributed by atoms with Gasteiger partial charge in [-0.05, 0) is 31.5 Å². The van der Waals surface area contributed by atoms with Crippen molar-refractivity contribution in [1.29, 1.82) is 0 Å². The zero-order chi connectivity index (χ0) is 13.1. The molecule has 0 radical (unpaired) electrons. The number of hydrogen-bond donors (Lipinski definition) is 0. The molecule has 1 aromatic heterocycles. The van der Waals surface area contributed by atoms with E-state index in [0.29, 0.717) is 15.9 Å². The highest BCUT2D eigenvalue weighted by molar-refractivity contribution is 7.99. The minimum Gasteiger partial charge on any atom is -0.299 e. The number of aryl methyl sites for hydroxylation is 1. The van der Waals surface area contributed by atoms with Gasteiger partial charge in [-0.15, -0.1) is 10.2 Å². The maximum Gasteiger partial charge on any atom is 0.196 e. The fraction of sp³-hybridized carbons (Fsp3) is 0.250. The van der Waals surface area contributed by atoms with Gasteiger partial charge < -0.3 is 0 Å². The molecule has 0 unspecified atom stereocenters. The molecule has 1 aromatic carbocycles. The number of ketones is 1. The molecule has 18 heavy (non-hydrogen) atoms. The van der Waals surface area contributed by atoms with Gasteiger partial charge in [-0.2, -0.15) is 0 Å². The fourth-order valence-electron chi connectivity index (χ4n) is 1.40. The van der Waals surface area contributed by atoms with Gasteiger partial charge in [0.05, 0.1) is 11.4 Å². The van der Waals surface area contributed by atoms with Gasteiger partial charge in [-0.25, -0.2) is 0 Å². The summed E-state index contributed by atoms with van der Waals surface area (Å²) in [6, 6.07) is 5.75. The van der Waals surface area contributed by atoms with E-state index in [2.05, 4.69) is 10.2 Å². The van der Waals surface area contributed by atoms with E-state index in [1.54, 1.807) is 13.3 Å². The van der Waals surface area contributed by atoms with Gasteiger partial charge >= 0.3 is 0 Å². The van der Waals surface area contributed by atoms with Crippen LogP contribution in [0.2, 0.25) is 5.02 Å². The molecule has 0 aliphatic rings. The Morgan fingerprint density at radius 1 is 1.50 bits per heavy atom. The predicted molar refractivity (Wildman–Crippen MR) is 72.5 cm³/mol. The minimum atomic E-state index is 0.108. The van der Waals surface area contributed by atoms with Crippen molar-refractivity contribution in [2.45, 2.75) is 19.0 Å². The molecular formula is C12H12ClN3OS. The van der Waals surface area contributed by atoms with E-state index >= 15 is 0 Å². The summed E-state index contributed by atoms with van der Waals surface area (Å²) in [6.45, 7) is 3.50. The van der Waals surface area contributed by atoms with E-state index < -0.39 is 0 Å². The molecule has 0 aliphatic heterocycles. The molecule has 0 atom stereocenters. The first-order valence-corrected chi connectivity index (χ1v) is 6.73. The summed E-state index contributed by atoms with van der Waals surface area (Å²) in [5, 5.41) is 9.25. The maximum atomic E-state index is 11.0. The summed E-state index contributed by atoms with van der Waals surface area (Å²) in [5.74, 6) is 0.495. The second-order valence-corrected chi connectivity index (χ2v) is 5.26. The Kier molecular flexibility index (Phi) is 4.04. The Hall–Kier alpha value is -1.33. The third-order valence-electron chi connectivity index (χ3n) is 2.35. The number of halogens is 1. The summed E-state index contributed by atoms with van der Waals surface area (Å²) in [6.07, 6.45) is 1.61. The SMILES string of the molecule is CC(=O)CSc1nncn1-c1ccc(C)c(Cl)c1. The van der Waals surface area contributed by atoms with Crippen molar-refractivity contribution in [1.82, 2.24) is 14.8 Å². The molecule has 0 aliphatic carbocycles. The Morgan fingerprint density at radius 2 is 2.28 bits per heavy atom. The van der Waals surface area contributed by atoms with Crippen LogP contribution in [0.25, 0.3) is 5.69 Å². The van der Waals surface area contributed by atoms with Crippen LogP contribution < -0.4 is 0 Å². The summed E-state index contributed by atoms with van der Waals surface area (Å²) < 4.78 is 1.82. The second-order valence-electron chi connectivity index (χ2n) is 3.91. The molecule has 0 bridgehead atoms. The van der Waals surface area contributed by atoms with Crippen molar-refractivity contribution in [2.24, 2.45) is 0 Å². The van der Waals surface area contributed by atoms with Crippen molar-refractivity contribution in [2.75, 3.05) is 5.75 Å². The number of benzene rings is 1. The molecular weight excluding hydrogens is 270 g/mol. The van der Waals surface area contributed by atoms with Crippen molar-refractivity contribution in [3.05, 3.63) is 35.1 Å². The number of Topliss-reactive ketones (excluding diaryl/α,β-unsaturated/α-hetero) is 1. The highest BCUT2D eigenvalue weighted by atomic mass is 35.5. The van der Waals surface area contributed by atoms with Crippen LogP contribution in [0.4, 0.5) is 0 Å². The molecule has 0 spiro atoms. The average Bonchev–Trinajstić information content (AvgIpc) is 2.78. The maximum absolute atomic E-state index is 11.0. The molecule has 6 heteroatoms. The highest BCUT2D eigenvalue weighted by Gasteiger charge is 2.09. The number of aromatic nitrogens is 3. The molecule has 0 saturated heterocycles. The van der Waals surface area contributed by atoms with Crippen molar-refractivity contribution in [3.8, 4) is 5.69 Å².